The van der Waals surface area contributed by atoms with Crippen molar-refractivity contribution in [2.45, 2.75) is 44.3 Å². The van der Waals surface area contributed by atoms with Crippen LogP contribution in [-0.4, -0.2) is 12.2 Å². The molecule has 0 aliphatic heterocycles. The molecule has 2 N–H and O–H groups in total. The molecular weight excluding hydrogens is 117 g/mol. The van der Waals surface area contributed by atoms with Crippen LogP contribution in [0.5, 0.6) is 0 Å². The summed E-state index contributed by atoms with van der Waals surface area (Å²) in [4.78, 5) is 0. The molecule has 0 saturated heterocycles. The Balaban J connectivity index is 2.25. The van der Waals surface area contributed by atoms with Crippen LogP contribution in [-0.2, 0) is 0 Å². The van der Waals surface area contributed by atoms with E-state index >= 15 is 0 Å². The van der Waals surface area contributed by atoms with Crippen molar-refractivity contribution >= 4 is 0 Å². The summed E-state index contributed by atoms with van der Waals surface area (Å²) in [6.45, 7) is 0. The first kappa shape index (κ1) is 7.00. The van der Waals surface area contributed by atoms with Gasteiger partial charge in [-0.3, -0.25) is 0 Å². The van der Waals surface area contributed by atoms with Crippen LogP contribution in [0.15, 0.2) is 0 Å². The van der Waals surface area contributed by atoms with E-state index < -0.39 is 6.17 Å². The van der Waals surface area contributed by atoms with E-state index in [2.05, 4.69) is 0 Å². The number of nitrogens with two attached hydrogens (primary N) is 1. The van der Waals surface area contributed by atoms with Crippen LogP contribution in [0.25, 0.3) is 0 Å². The molecule has 54 valence electrons. The highest BCUT2D eigenvalue weighted by atomic mass is 19.1. The third-order valence-electron chi connectivity index (χ3n) is 1.94. The Morgan fingerprint density at radius 3 is 2.67 bits per heavy atom. The van der Waals surface area contributed by atoms with Crippen molar-refractivity contribution in [3.8, 4) is 0 Å². The summed E-state index contributed by atoms with van der Waals surface area (Å²) < 4.78 is 12.6. The zero-order chi connectivity index (χ0) is 6.69. The summed E-state index contributed by atoms with van der Waals surface area (Å²) in [5, 5.41) is 0. The molecule has 2 heteroatoms. The second-order valence-corrected chi connectivity index (χ2v) is 2.87. The van der Waals surface area contributed by atoms with Gasteiger partial charge in [0.15, 0.2) is 0 Å². The Labute approximate surface area is 55.4 Å². The fourth-order valence-corrected chi connectivity index (χ4v) is 1.29. The van der Waals surface area contributed by atoms with Crippen LogP contribution in [0.3, 0.4) is 0 Å². The second kappa shape index (κ2) is 3.16. The van der Waals surface area contributed by atoms with E-state index in [4.69, 9.17) is 5.73 Å². The van der Waals surface area contributed by atoms with E-state index in [0.717, 1.165) is 25.7 Å². The topological polar surface area (TPSA) is 26.0 Å². The van der Waals surface area contributed by atoms with Gasteiger partial charge in [0.25, 0.3) is 0 Å². The summed E-state index contributed by atoms with van der Waals surface area (Å²) in [6, 6.07) is 0.269. The summed E-state index contributed by atoms with van der Waals surface area (Å²) in [5.74, 6) is 0. The molecule has 0 bridgehead atoms. The van der Waals surface area contributed by atoms with Gasteiger partial charge in [0.1, 0.15) is 6.17 Å². The monoisotopic (exact) mass is 131 g/mol. The Morgan fingerprint density at radius 2 is 1.89 bits per heavy atom. The van der Waals surface area contributed by atoms with Crippen molar-refractivity contribution in [2.75, 3.05) is 0 Å². The lowest BCUT2D eigenvalue weighted by atomic mass is 10.1. The number of rotatable bonds is 0. The molecule has 0 aromatic rings. The van der Waals surface area contributed by atoms with Crippen LogP contribution in [0.4, 0.5) is 4.39 Å². The number of alkyl halides is 1. The quantitative estimate of drug-likeness (QED) is 0.497. The summed E-state index contributed by atoms with van der Waals surface area (Å²) in [7, 11) is 0. The van der Waals surface area contributed by atoms with Gasteiger partial charge in [-0.05, 0) is 32.1 Å². The maximum absolute atomic E-state index is 12.6. The Morgan fingerprint density at radius 1 is 1.11 bits per heavy atom. The maximum atomic E-state index is 12.6. The second-order valence-electron chi connectivity index (χ2n) is 2.87. The molecule has 1 rings (SSSR count). The molecular formula is C7H14FN. The lowest BCUT2D eigenvalue weighted by Gasteiger charge is -2.03. The van der Waals surface area contributed by atoms with Crippen molar-refractivity contribution in [3.05, 3.63) is 0 Å². The number of halogens is 1. The van der Waals surface area contributed by atoms with Gasteiger partial charge in [-0.1, -0.05) is 0 Å². The van der Waals surface area contributed by atoms with Crippen LogP contribution < -0.4 is 5.73 Å². The molecule has 2 atom stereocenters. The van der Waals surface area contributed by atoms with Gasteiger partial charge in [-0.2, -0.15) is 0 Å². The zero-order valence-electron chi connectivity index (χ0n) is 5.65. The van der Waals surface area contributed by atoms with E-state index in [9.17, 15) is 4.39 Å². The molecule has 1 nitrogen and oxygen atoms in total. The van der Waals surface area contributed by atoms with Crippen LogP contribution in [0.2, 0.25) is 0 Å². The van der Waals surface area contributed by atoms with Crippen molar-refractivity contribution in [1.29, 1.82) is 0 Å². The van der Waals surface area contributed by atoms with Crippen molar-refractivity contribution in [2.24, 2.45) is 5.73 Å². The lowest BCUT2D eigenvalue weighted by molar-refractivity contribution is 0.299. The normalized spacial score (nSPS) is 38.0. The highest BCUT2D eigenvalue weighted by Gasteiger charge is 2.14. The highest BCUT2D eigenvalue weighted by Crippen LogP contribution is 2.18. The van der Waals surface area contributed by atoms with Crippen LogP contribution in [0.1, 0.15) is 32.1 Å². The third-order valence-corrected chi connectivity index (χ3v) is 1.94. The minimum Gasteiger partial charge on any atom is -0.328 e. The van der Waals surface area contributed by atoms with E-state index in [0.29, 0.717) is 6.42 Å². The number of hydrogen-bond donors (Lipinski definition) is 1. The minimum absolute atomic E-state index is 0.269. The number of hydrogen-bond acceptors (Lipinski definition) is 1. The Bertz CT molecular complexity index is 75.0. The van der Waals surface area contributed by atoms with Gasteiger partial charge in [-0.25, -0.2) is 4.39 Å². The van der Waals surface area contributed by atoms with Gasteiger partial charge >= 0.3 is 0 Å². The average Bonchev–Trinajstić information content (AvgIpc) is 1.97. The van der Waals surface area contributed by atoms with E-state index in [-0.39, 0.29) is 6.04 Å². The van der Waals surface area contributed by atoms with E-state index in [1.165, 1.54) is 0 Å². The summed E-state index contributed by atoms with van der Waals surface area (Å²) in [6.07, 6.45) is 3.71. The first-order valence-electron chi connectivity index (χ1n) is 3.68. The highest BCUT2D eigenvalue weighted by molar-refractivity contribution is 4.70. The van der Waals surface area contributed by atoms with Crippen molar-refractivity contribution < 1.29 is 4.39 Å². The van der Waals surface area contributed by atoms with Crippen LogP contribution in [0, 0.1) is 0 Å². The average molecular weight is 131 g/mol. The summed E-state index contributed by atoms with van der Waals surface area (Å²) in [5.41, 5.74) is 5.63. The standard InChI is InChI=1S/C7H14FN/c8-6-2-1-3-7(9)5-4-6/h6-7H,1-5,9H2/t6-,7+/m1/s1. The molecule has 0 spiro atoms. The fraction of sp³-hybridized carbons (Fsp3) is 1.00. The van der Waals surface area contributed by atoms with Gasteiger partial charge in [0.2, 0.25) is 0 Å². The Hall–Kier alpha value is -0.110. The Kier molecular flexibility index (Phi) is 2.46. The van der Waals surface area contributed by atoms with Gasteiger partial charge in [0, 0.05) is 6.04 Å². The van der Waals surface area contributed by atoms with E-state index in [1.807, 2.05) is 0 Å². The SMILES string of the molecule is N[C@H]1CCC[C@@H](F)CC1. The lowest BCUT2D eigenvalue weighted by Crippen LogP contribution is -2.18. The van der Waals surface area contributed by atoms with Crippen molar-refractivity contribution in [1.82, 2.24) is 0 Å². The molecule has 1 fully saturated rings. The smallest absolute Gasteiger partial charge is 0.100 e. The zero-order valence-corrected chi connectivity index (χ0v) is 5.65. The molecule has 0 heterocycles. The molecule has 0 aromatic carbocycles. The molecule has 0 unspecified atom stereocenters. The molecule has 1 aliphatic carbocycles. The molecule has 0 aromatic heterocycles. The predicted octanol–water partition coefficient (Wildman–Crippen LogP) is 1.62. The predicted molar refractivity (Wildman–Crippen MR) is 36.0 cm³/mol. The largest absolute Gasteiger partial charge is 0.328 e. The van der Waals surface area contributed by atoms with Crippen LogP contribution >= 0.6 is 0 Å². The van der Waals surface area contributed by atoms with Crippen molar-refractivity contribution in [3.63, 3.8) is 0 Å². The third kappa shape index (κ3) is 2.31. The first-order chi connectivity index (χ1) is 4.29. The minimum atomic E-state index is -0.571. The van der Waals surface area contributed by atoms with Gasteiger partial charge in [0.05, 0.1) is 0 Å². The maximum Gasteiger partial charge on any atom is 0.100 e. The molecule has 1 aliphatic rings. The van der Waals surface area contributed by atoms with Gasteiger partial charge in [-0.15, -0.1) is 0 Å². The molecule has 0 amide bonds. The molecule has 0 radical (unpaired) electrons. The van der Waals surface area contributed by atoms with E-state index in [1.54, 1.807) is 0 Å². The molecule has 1 saturated carbocycles. The molecule has 9 heavy (non-hydrogen) atoms. The summed E-state index contributed by atoms with van der Waals surface area (Å²) >= 11 is 0. The first-order valence-corrected chi connectivity index (χ1v) is 3.68. The fourth-order valence-electron chi connectivity index (χ4n) is 1.29. The van der Waals surface area contributed by atoms with Gasteiger partial charge < -0.3 is 5.73 Å².